The Morgan fingerprint density at radius 3 is 2.40 bits per heavy atom. The van der Waals surface area contributed by atoms with Crippen LogP contribution in [0.1, 0.15) is 36.6 Å². The molecule has 2 rings (SSSR count). The fraction of sp³-hybridized carbons (Fsp3) is 0.294. The molecule has 1 N–H and O–H groups in total. The van der Waals surface area contributed by atoms with Gasteiger partial charge in [0.2, 0.25) is 0 Å². The van der Waals surface area contributed by atoms with Crippen molar-refractivity contribution < 1.29 is 0 Å². The van der Waals surface area contributed by atoms with E-state index in [2.05, 4.69) is 43.4 Å². The summed E-state index contributed by atoms with van der Waals surface area (Å²) in [7, 11) is 0. The summed E-state index contributed by atoms with van der Waals surface area (Å²) in [5.41, 5.74) is 3.79. The lowest BCUT2D eigenvalue weighted by Gasteiger charge is -2.22. The molecule has 0 amide bonds. The summed E-state index contributed by atoms with van der Waals surface area (Å²) in [5.74, 6) is 0. The zero-order valence-electron chi connectivity index (χ0n) is 11.8. The van der Waals surface area contributed by atoms with Crippen molar-refractivity contribution >= 4 is 23.2 Å². The summed E-state index contributed by atoms with van der Waals surface area (Å²) < 4.78 is 0. The monoisotopic (exact) mass is 307 g/mol. The number of aryl methyl sites for hydroxylation is 1. The zero-order valence-corrected chi connectivity index (χ0v) is 13.3. The molecule has 3 heteroatoms. The third kappa shape index (κ3) is 3.35. The van der Waals surface area contributed by atoms with E-state index in [0.717, 1.165) is 18.5 Å². The van der Waals surface area contributed by atoms with E-state index in [-0.39, 0.29) is 6.04 Å². The van der Waals surface area contributed by atoms with Crippen LogP contribution in [0.15, 0.2) is 42.5 Å². The topological polar surface area (TPSA) is 12.0 Å². The molecule has 0 fully saturated rings. The molecule has 0 heterocycles. The van der Waals surface area contributed by atoms with Crippen LogP contribution in [0.2, 0.25) is 10.0 Å². The highest BCUT2D eigenvalue weighted by Gasteiger charge is 2.16. The van der Waals surface area contributed by atoms with E-state index in [9.17, 15) is 0 Å². The molecule has 0 spiro atoms. The van der Waals surface area contributed by atoms with Crippen molar-refractivity contribution in [2.75, 3.05) is 6.54 Å². The maximum absolute atomic E-state index is 6.16. The Morgan fingerprint density at radius 1 is 1.00 bits per heavy atom. The average Bonchev–Trinajstić information content (AvgIpc) is 2.48. The van der Waals surface area contributed by atoms with Crippen molar-refractivity contribution in [2.45, 2.75) is 26.3 Å². The Hall–Kier alpha value is -1.02. The van der Waals surface area contributed by atoms with Gasteiger partial charge in [-0.3, -0.25) is 0 Å². The summed E-state index contributed by atoms with van der Waals surface area (Å²) in [6.07, 6.45) is 1.01. The van der Waals surface area contributed by atoms with E-state index in [1.807, 2.05) is 18.2 Å². The Kier molecular flexibility index (Phi) is 5.47. The van der Waals surface area contributed by atoms with Crippen molar-refractivity contribution in [1.29, 1.82) is 0 Å². The first-order valence-corrected chi connectivity index (χ1v) is 7.69. The van der Waals surface area contributed by atoms with Crippen LogP contribution in [-0.2, 0) is 6.42 Å². The van der Waals surface area contributed by atoms with Crippen LogP contribution in [-0.4, -0.2) is 6.54 Å². The van der Waals surface area contributed by atoms with E-state index in [0.29, 0.717) is 10.0 Å². The number of benzene rings is 2. The second-order valence-corrected chi connectivity index (χ2v) is 5.53. The van der Waals surface area contributed by atoms with Crippen molar-refractivity contribution in [2.24, 2.45) is 0 Å². The van der Waals surface area contributed by atoms with Gasteiger partial charge in [-0.05, 0) is 41.8 Å². The number of rotatable bonds is 5. The van der Waals surface area contributed by atoms with Gasteiger partial charge >= 0.3 is 0 Å². The van der Waals surface area contributed by atoms with Gasteiger partial charge in [0, 0.05) is 0 Å². The van der Waals surface area contributed by atoms with Crippen molar-refractivity contribution in [3.8, 4) is 0 Å². The standard InChI is InChI=1S/C17H19Cl2N/c1-3-12-7-5-6-8-14(12)17(20-4-2)13-9-10-15(18)16(19)11-13/h5-11,17,20H,3-4H2,1-2H3. The first-order valence-electron chi connectivity index (χ1n) is 6.93. The number of halogens is 2. The molecule has 0 aliphatic carbocycles. The molecular weight excluding hydrogens is 289 g/mol. The molecule has 1 atom stereocenters. The molecule has 0 saturated carbocycles. The maximum Gasteiger partial charge on any atom is 0.0595 e. The largest absolute Gasteiger partial charge is 0.307 e. The van der Waals surface area contributed by atoms with Crippen LogP contribution in [0.4, 0.5) is 0 Å². The van der Waals surface area contributed by atoms with Gasteiger partial charge in [-0.1, -0.05) is 67.4 Å². The summed E-state index contributed by atoms with van der Waals surface area (Å²) in [4.78, 5) is 0. The van der Waals surface area contributed by atoms with Crippen LogP contribution in [0, 0.1) is 0 Å². The molecule has 0 aliphatic heterocycles. The molecule has 0 saturated heterocycles. The molecule has 0 aliphatic rings. The second kappa shape index (κ2) is 7.12. The zero-order chi connectivity index (χ0) is 14.5. The third-order valence-electron chi connectivity index (χ3n) is 3.43. The second-order valence-electron chi connectivity index (χ2n) is 4.72. The summed E-state index contributed by atoms with van der Waals surface area (Å²) in [6.45, 7) is 5.18. The molecule has 2 aromatic carbocycles. The predicted molar refractivity (Wildman–Crippen MR) is 87.8 cm³/mol. The quantitative estimate of drug-likeness (QED) is 0.795. The van der Waals surface area contributed by atoms with Crippen LogP contribution >= 0.6 is 23.2 Å². The smallest absolute Gasteiger partial charge is 0.0595 e. The molecule has 20 heavy (non-hydrogen) atoms. The van der Waals surface area contributed by atoms with Crippen LogP contribution < -0.4 is 5.32 Å². The lowest BCUT2D eigenvalue weighted by molar-refractivity contribution is 0.625. The molecule has 0 bridgehead atoms. The fourth-order valence-corrected chi connectivity index (χ4v) is 2.75. The van der Waals surface area contributed by atoms with Gasteiger partial charge in [-0.2, -0.15) is 0 Å². The average molecular weight is 308 g/mol. The van der Waals surface area contributed by atoms with Gasteiger partial charge in [-0.25, -0.2) is 0 Å². The van der Waals surface area contributed by atoms with Gasteiger partial charge in [0.15, 0.2) is 0 Å². The molecular formula is C17H19Cl2N. The van der Waals surface area contributed by atoms with Gasteiger partial charge < -0.3 is 5.32 Å². The highest BCUT2D eigenvalue weighted by molar-refractivity contribution is 6.42. The minimum Gasteiger partial charge on any atom is -0.307 e. The Morgan fingerprint density at radius 2 is 1.75 bits per heavy atom. The van der Waals surface area contributed by atoms with Gasteiger partial charge in [0.05, 0.1) is 16.1 Å². The third-order valence-corrected chi connectivity index (χ3v) is 4.17. The van der Waals surface area contributed by atoms with Crippen molar-refractivity contribution in [3.63, 3.8) is 0 Å². The van der Waals surface area contributed by atoms with Crippen LogP contribution in [0.5, 0.6) is 0 Å². The van der Waals surface area contributed by atoms with Gasteiger partial charge in [0.1, 0.15) is 0 Å². The Bertz CT molecular complexity index is 581. The Labute approximate surface area is 130 Å². The van der Waals surface area contributed by atoms with E-state index in [1.54, 1.807) is 0 Å². The Balaban J connectivity index is 2.47. The first-order chi connectivity index (χ1) is 9.67. The van der Waals surface area contributed by atoms with Crippen molar-refractivity contribution in [3.05, 3.63) is 69.2 Å². The molecule has 106 valence electrons. The van der Waals surface area contributed by atoms with Gasteiger partial charge in [-0.15, -0.1) is 0 Å². The fourth-order valence-electron chi connectivity index (χ4n) is 2.44. The lowest BCUT2D eigenvalue weighted by Crippen LogP contribution is -2.23. The lowest BCUT2D eigenvalue weighted by atomic mass is 9.93. The highest BCUT2D eigenvalue weighted by atomic mass is 35.5. The summed E-state index contributed by atoms with van der Waals surface area (Å²) >= 11 is 12.2. The minimum atomic E-state index is 0.144. The first kappa shape index (κ1) is 15.4. The molecule has 1 nitrogen and oxygen atoms in total. The number of nitrogens with one attached hydrogen (secondary N) is 1. The normalized spacial score (nSPS) is 12.4. The van der Waals surface area contributed by atoms with E-state index in [1.165, 1.54) is 11.1 Å². The molecule has 0 aromatic heterocycles. The van der Waals surface area contributed by atoms with Crippen LogP contribution in [0.3, 0.4) is 0 Å². The predicted octanol–water partition coefficient (Wildman–Crippen LogP) is 5.25. The summed E-state index contributed by atoms with van der Waals surface area (Å²) in [5, 5.41) is 4.73. The molecule has 0 radical (unpaired) electrons. The number of hydrogen-bond donors (Lipinski definition) is 1. The van der Waals surface area contributed by atoms with E-state index < -0.39 is 0 Å². The van der Waals surface area contributed by atoms with Gasteiger partial charge in [0.25, 0.3) is 0 Å². The van der Waals surface area contributed by atoms with E-state index in [4.69, 9.17) is 23.2 Å². The minimum absolute atomic E-state index is 0.144. The summed E-state index contributed by atoms with van der Waals surface area (Å²) in [6, 6.07) is 14.5. The van der Waals surface area contributed by atoms with E-state index >= 15 is 0 Å². The van der Waals surface area contributed by atoms with Crippen molar-refractivity contribution in [1.82, 2.24) is 5.32 Å². The highest BCUT2D eigenvalue weighted by Crippen LogP contribution is 2.30. The number of hydrogen-bond acceptors (Lipinski definition) is 1. The SMILES string of the molecule is CCNC(c1ccc(Cl)c(Cl)c1)c1ccccc1CC. The molecule has 2 aromatic rings. The maximum atomic E-state index is 6.16. The van der Waals surface area contributed by atoms with Crippen LogP contribution in [0.25, 0.3) is 0 Å². The molecule has 1 unspecified atom stereocenters.